The Labute approximate surface area is 228 Å². The van der Waals surface area contributed by atoms with E-state index in [-0.39, 0.29) is 31.3 Å². The summed E-state index contributed by atoms with van der Waals surface area (Å²) in [7, 11) is -1.93. The highest BCUT2D eigenvalue weighted by Gasteiger charge is 2.28. The predicted octanol–water partition coefficient (Wildman–Crippen LogP) is 4.53. The van der Waals surface area contributed by atoms with Crippen LogP contribution in [0.15, 0.2) is 48.5 Å². The molecule has 0 heterocycles. The van der Waals surface area contributed by atoms with E-state index in [0.717, 1.165) is 30.4 Å². The van der Waals surface area contributed by atoms with Crippen LogP contribution in [0.5, 0.6) is 5.75 Å². The van der Waals surface area contributed by atoms with E-state index in [1.54, 1.807) is 24.1 Å². The van der Waals surface area contributed by atoms with Gasteiger partial charge in [0.15, 0.2) is 0 Å². The van der Waals surface area contributed by atoms with E-state index < -0.39 is 16.1 Å². The third-order valence-electron chi connectivity index (χ3n) is 6.51. The number of hydrogen-bond acceptors (Lipinski definition) is 5. The van der Waals surface area contributed by atoms with Gasteiger partial charge in [-0.05, 0) is 61.1 Å². The topological polar surface area (TPSA) is 96.0 Å². The van der Waals surface area contributed by atoms with Crippen molar-refractivity contribution in [3.05, 3.63) is 59.7 Å². The van der Waals surface area contributed by atoms with Crippen molar-refractivity contribution in [1.82, 2.24) is 10.2 Å². The van der Waals surface area contributed by atoms with Crippen LogP contribution >= 0.6 is 0 Å². The molecule has 0 aliphatic heterocycles. The number of anilines is 1. The van der Waals surface area contributed by atoms with Gasteiger partial charge < -0.3 is 15.0 Å². The van der Waals surface area contributed by atoms with Crippen LogP contribution in [-0.4, -0.2) is 57.6 Å². The summed E-state index contributed by atoms with van der Waals surface area (Å²) in [6.07, 6.45) is 4.79. The van der Waals surface area contributed by atoms with Gasteiger partial charge in [-0.15, -0.1) is 0 Å². The van der Waals surface area contributed by atoms with Gasteiger partial charge in [0.25, 0.3) is 0 Å². The van der Waals surface area contributed by atoms with Crippen molar-refractivity contribution < 1.29 is 22.7 Å². The molecule has 210 valence electrons. The molecular weight excluding hydrogens is 502 g/mol. The normalized spacial score (nSPS) is 12.0. The molecule has 0 aliphatic rings. The first-order chi connectivity index (χ1) is 18.1. The van der Waals surface area contributed by atoms with Gasteiger partial charge in [0.2, 0.25) is 21.8 Å². The maximum atomic E-state index is 13.5. The average Bonchev–Trinajstić information content (AvgIpc) is 2.90. The third-order valence-corrected chi connectivity index (χ3v) is 7.71. The van der Waals surface area contributed by atoms with Gasteiger partial charge in [0.05, 0.1) is 19.1 Å². The molecule has 9 heteroatoms. The Morgan fingerprint density at radius 2 is 1.58 bits per heavy atom. The van der Waals surface area contributed by atoms with Crippen LogP contribution in [0.4, 0.5) is 5.69 Å². The summed E-state index contributed by atoms with van der Waals surface area (Å²) >= 11 is 0. The molecular formula is C29H43N3O5S. The number of methoxy groups -OCH3 is 1. The molecule has 1 atom stereocenters. The fraction of sp³-hybridized carbons (Fsp3) is 0.517. The number of carbonyl (C=O) groups is 2. The SMILES string of the molecule is CCCCNC(=O)C(CC)N(Cc1ccc(OC)cc1)C(=O)CCCN(c1ccc(CC)cc1)S(C)(=O)=O. The zero-order chi connectivity index (χ0) is 28.1. The zero-order valence-electron chi connectivity index (χ0n) is 23.4. The maximum Gasteiger partial charge on any atom is 0.242 e. The molecule has 0 radical (unpaired) electrons. The minimum absolute atomic E-state index is 0.119. The van der Waals surface area contributed by atoms with Crippen LogP contribution in [0.2, 0.25) is 0 Å². The zero-order valence-corrected chi connectivity index (χ0v) is 24.2. The fourth-order valence-corrected chi connectivity index (χ4v) is 5.22. The minimum Gasteiger partial charge on any atom is -0.497 e. The van der Waals surface area contributed by atoms with E-state index in [1.165, 1.54) is 10.6 Å². The summed E-state index contributed by atoms with van der Waals surface area (Å²) in [5.41, 5.74) is 2.58. The van der Waals surface area contributed by atoms with Crippen molar-refractivity contribution in [3.63, 3.8) is 0 Å². The summed E-state index contributed by atoms with van der Waals surface area (Å²) in [4.78, 5) is 28.1. The lowest BCUT2D eigenvalue weighted by Gasteiger charge is -2.31. The van der Waals surface area contributed by atoms with E-state index in [4.69, 9.17) is 4.74 Å². The van der Waals surface area contributed by atoms with Crippen molar-refractivity contribution in [2.45, 2.75) is 71.9 Å². The van der Waals surface area contributed by atoms with Crippen LogP contribution < -0.4 is 14.4 Å². The third kappa shape index (κ3) is 9.35. The van der Waals surface area contributed by atoms with Gasteiger partial charge in [-0.3, -0.25) is 13.9 Å². The Morgan fingerprint density at radius 3 is 2.11 bits per heavy atom. The van der Waals surface area contributed by atoms with Crippen molar-refractivity contribution in [2.24, 2.45) is 0 Å². The monoisotopic (exact) mass is 545 g/mol. The van der Waals surface area contributed by atoms with Crippen molar-refractivity contribution >= 4 is 27.5 Å². The fourth-order valence-electron chi connectivity index (χ4n) is 4.26. The smallest absolute Gasteiger partial charge is 0.242 e. The number of carbonyl (C=O) groups excluding carboxylic acids is 2. The molecule has 38 heavy (non-hydrogen) atoms. The average molecular weight is 546 g/mol. The summed E-state index contributed by atoms with van der Waals surface area (Å²) in [6.45, 7) is 7.00. The first kappa shape index (κ1) is 31.1. The molecule has 2 amide bonds. The van der Waals surface area contributed by atoms with Crippen LogP contribution in [0.3, 0.4) is 0 Å². The quantitative estimate of drug-likeness (QED) is 0.313. The molecule has 2 aromatic carbocycles. The summed E-state index contributed by atoms with van der Waals surface area (Å²) in [5.74, 6) is 0.355. The molecule has 0 spiro atoms. The number of rotatable bonds is 16. The highest BCUT2D eigenvalue weighted by Crippen LogP contribution is 2.21. The standard InChI is InChI=1S/C29H43N3O5S/c1-6-9-20-30-29(34)27(8-3)31(22-24-14-18-26(37-4)19-15-24)28(33)11-10-21-32(38(5,35)36)25-16-12-23(7-2)13-17-25/h12-19,27H,6-11,20-22H2,1-5H3,(H,30,34). The second-order valence-corrected chi connectivity index (χ2v) is 11.3. The van der Waals surface area contributed by atoms with Gasteiger partial charge in [-0.1, -0.05) is 51.5 Å². The number of nitrogens with zero attached hydrogens (tertiary/aromatic N) is 2. The van der Waals surface area contributed by atoms with Gasteiger partial charge in [0.1, 0.15) is 11.8 Å². The molecule has 2 aromatic rings. The van der Waals surface area contributed by atoms with E-state index in [9.17, 15) is 18.0 Å². The Kier molecular flexibility index (Phi) is 12.6. The molecule has 0 saturated heterocycles. The molecule has 0 aliphatic carbocycles. The number of benzene rings is 2. The lowest BCUT2D eigenvalue weighted by atomic mass is 10.1. The molecule has 1 N–H and O–H groups in total. The number of sulfonamides is 1. The van der Waals surface area contributed by atoms with Crippen LogP contribution in [0, 0.1) is 0 Å². The second-order valence-electron chi connectivity index (χ2n) is 9.40. The predicted molar refractivity (Wildman–Crippen MR) is 153 cm³/mol. The Bertz CT molecular complexity index is 1120. The largest absolute Gasteiger partial charge is 0.497 e. The Balaban J connectivity index is 2.19. The first-order valence-electron chi connectivity index (χ1n) is 13.4. The number of unbranched alkanes of at least 4 members (excludes halogenated alkanes) is 1. The van der Waals surface area contributed by atoms with Crippen LogP contribution in [-0.2, 0) is 32.6 Å². The van der Waals surface area contributed by atoms with Crippen LogP contribution in [0.1, 0.15) is 64.0 Å². The molecule has 0 fully saturated rings. The van der Waals surface area contributed by atoms with E-state index in [0.29, 0.717) is 30.8 Å². The molecule has 0 aromatic heterocycles. The molecule has 2 rings (SSSR count). The number of amides is 2. The van der Waals surface area contributed by atoms with Gasteiger partial charge in [0, 0.05) is 26.1 Å². The number of nitrogens with one attached hydrogen (secondary N) is 1. The summed E-state index contributed by atoms with van der Waals surface area (Å²) in [5, 5.41) is 2.96. The Morgan fingerprint density at radius 1 is 0.947 bits per heavy atom. The van der Waals surface area contributed by atoms with Crippen molar-refractivity contribution in [3.8, 4) is 5.75 Å². The number of aryl methyl sites for hydroxylation is 1. The Hall–Kier alpha value is -3.07. The molecule has 0 saturated carbocycles. The molecule has 0 bridgehead atoms. The summed E-state index contributed by atoms with van der Waals surface area (Å²) < 4.78 is 31.6. The molecule has 8 nitrogen and oxygen atoms in total. The van der Waals surface area contributed by atoms with Gasteiger partial charge in [-0.25, -0.2) is 8.42 Å². The van der Waals surface area contributed by atoms with Crippen molar-refractivity contribution in [1.29, 1.82) is 0 Å². The first-order valence-corrected chi connectivity index (χ1v) is 15.3. The minimum atomic E-state index is -3.53. The highest BCUT2D eigenvalue weighted by molar-refractivity contribution is 7.92. The van der Waals surface area contributed by atoms with E-state index in [1.807, 2.05) is 50.2 Å². The molecule has 1 unspecified atom stereocenters. The second kappa shape index (κ2) is 15.4. The lowest BCUT2D eigenvalue weighted by Crippen LogP contribution is -2.49. The van der Waals surface area contributed by atoms with E-state index in [2.05, 4.69) is 12.2 Å². The van der Waals surface area contributed by atoms with Crippen molar-refractivity contribution in [2.75, 3.05) is 30.8 Å². The lowest BCUT2D eigenvalue weighted by molar-refractivity contribution is -0.141. The van der Waals surface area contributed by atoms with Gasteiger partial charge >= 0.3 is 0 Å². The number of hydrogen-bond donors (Lipinski definition) is 1. The van der Waals surface area contributed by atoms with E-state index >= 15 is 0 Å². The maximum absolute atomic E-state index is 13.5. The van der Waals surface area contributed by atoms with Gasteiger partial charge in [-0.2, -0.15) is 0 Å². The van der Waals surface area contributed by atoms with Crippen LogP contribution in [0.25, 0.3) is 0 Å². The number of ether oxygens (including phenoxy) is 1. The highest BCUT2D eigenvalue weighted by atomic mass is 32.2. The summed E-state index contributed by atoms with van der Waals surface area (Å²) in [6, 6.07) is 14.2.